The average Bonchev–Trinajstić information content (AvgIpc) is 2.65. The SMILES string of the molecule is COc1ccc(CN2CCCN(C(C)=O)CC2)cc1N. The second-order valence-corrected chi connectivity index (χ2v) is 5.21. The van der Waals surface area contributed by atoms with Crippen LogP contribution in [0.25, 0.3) is 0 Å². The van der Waals surface area contributed by atoms with Gasteiger partial charge < -0.3 is 15.4 Å². The normalized spacial score (nSPS) is 16.8. The van der Waals surface area contributed by atoms with Crippen molar-refractivity contribution >= 4 is 11.6 Å². The molecule has 0 saturated carbocycles. The van der Waals surface area contributed by atoms with Gasteiger partial charge in [0.2, 0.25) is 5.91 Å². The Morgan fingerprint density at radius 3 is 2.75 bits per heavy atom. The van der Waals surface area contributed by atoms with Gasteiger partial charge in [0, 0.05) is 39.6 Å². The van der Waals surface area contributed by atoms with Gasteiger partial charge in [-0.25, -0.2) is 0 Å². The third-order valence-electron chi connectivity index (χ3n) is 3.73. The van der Waals surface area contributed by atoms with Crippen molar-refractivity contribution in [2.45, 2.75) is 19.9 Å². The van der Waals surface area contributed by atoms with E-state index in [1.807, 2.05) is 23.1 Å². The van der Waals surface area contributed by atoms with Gasteiger partial charge in [0.25, 0.3) is 0 Å². The lowest BCUT2D eigenvalue weighted by atomic mass is 10.1. The van der Waals surface area contributed by atoms with E-state index in [1.54, 1.807) is 14.0 Å². The number of nitrogens with zero attached hydrogens (tertiary/aromatic N) is 2. The highest BCUT2D eigenvalue weighted by molar-refractivity contribution is 5.73. The predicted molar refractivity (Wildman–Crippen MR) is 79.6 cm³/mol. The third kappa shape index (κ3) is 3.63. The molecule has 1 aromatic rings. The van der Waals surface area contributed by atoms with Gasteiger partial charge >= 0.3 is 0 Å². The molecular formula is C15H23N3O2. The molecule has 5 nitrogen and oxygen atoms in total. The molecular weight excluding hydrogens is 254 g/mol. The minimum Gasteiger partial charge on any atom is -0.495 e. The van der Waals surface area contributed by atoms with Crippen LogP contribution in [0.4, 0.5) is 5.69 Å². The summed E-state index contributed by atoms with van der Waals surface area (Å²) in [6.45, 7) is 6.08. The number of hydrogen-bond donors (Lipinski definition) is 1. The summed E-state index contributed by atoms with van der Waals surface area (Å²) in [6, 6.07) is 5.92. The first-order valence-electron chi connectivity index (χ1n) is 7.00. The molecule has 0 aromatic heterocycles. The lowest BCUT2D eigenvalue weighted by Crippen LogP contribution is -2.33. The Kier molecular flexibility index (Phi) is 4.84. The van der Waals surface area contributed by atoms with Crippen molar-refractivity contribution in [3.63, 3.8) is 0 Å². The molecule has 1 aromatic carbocycles. The Balaban J connectivity index is 1.96. The Hall–Kier alpha value is -1.75. The lowest BCUT2D eigenvalue weighted by Gasteiger charge is -2.21. The van der Waals surface area contributed by atoms with E-state index in [2.05, 4.69) is 4.90 Å². The molecule has 110 valence electrons. The molecule has 1 aliphatic rings. The van der Waals surface area contributed by atoms with Gasteiger partial charge in [0.15, 0.2) is 0 Å². The molecule has 0 radical (unpaired) electrons. The molecule has 0 spiro atoms. The van der Waals surface area contributed by atoms with Crippen molar-refractivity contribution in [3.8, 4) is 5.75 Å². The van der Waals surface area contributed by atoms with Crippen molar-refractivity contribution in [1.29, 1.82) is 0 Å². The Labute approximate surface area is 120 Å². The van der Waals surface area contributed by atoms with Crippen molar-refractivity contribution < 1.29 is 9.53 Å². The third-order valence-corrected chi connectivity index (χ3v) is 3.73. The lowest BCUT2D eigenvalue weighted by molar-refractivity contribution is -0.128. The summed E-state index contributed by atoms with van der Waals surface area (Å²) in [5, 5.41) is 0. The topological polar surface area (TPSA) is 58.8 Å². The quantitative estimate of drug-likeness (QED) is 0.847. The van der Waals surface area contributed by atoms with E-state index in [1.165, 1.54) is 5.56 Å². The summed E-state index contributed by atoms with van der Waals surface area (Å²) in [7, 11) is 1.62. The fourth-order valence-electron chi connectivity index (χ4n) is 2.58. The number of ether oxygens (including phenoxy) is 1. The van der Waals surface area contributed by atoms with Crippen LogP contribution in [-0.4, -0.2) is 49.0 Å². The molecule has 1 fully saturated rings. The van der Waals surface area contributed by atoms with Crippen molar-refractivity contribution in [2.24, 2.45) is 0 Å². The highest BCUT2D eigenvalue weighted by Gasteiger charge is 2.16. The molecule has 0 bridgehead atoms. The van der Waals surface area contributed by atoms with Crippen molar-refractivity contribution in [1.82, 2.24) is 9.80 Å². The summed E-state index contributed by atoms with van der Waals surface area (Å²) >= 11 is 0. The Morgan fingerprint density at radius 1 is 1.30 bits per heavy atom. The van der Waals surface area contributed by atoms with Gasteiger partial charge in [-0.1, -0.05) is 6.07 Å². The first-order chi connectivity index (χ1) is 9.60. The van der Waals surface area contributed by atoms with Gasteiger partial charge in [0.1, 0.15) is 5.75 Å². The van der Waals surface area contributed by atoms with Gasteiger partial charge in [-0.2, -0.15) is 0 Å². The van der Waals surface area contributed by atoms with Crippen molar-refractivity contribution in [3.05, 3.63) is 23.8 Å². The Morgan fingerprint density at radius 2 is 2.10 bits per heavy atom. The highest BCUT2D eigenvalue weighted by Crippen LogP contribution is 2.22. The Bertz CT molecular complexity index is 476. The number of methoxy groups -OCH3 is 1. The van der Waals surface area contributed by atoms with Crippen LogP contribution >= 0.6 is 0 Å². The van der Waals surface area contributed by atoms with Crippen LogP contribution in [0.5, 0.6) is 5.75 Å². The molecule has 5 heteroatoms. The van der Waals surface area contributed by atoms with Crippen LogP contribution in [0.15, 0.2) is 18.2 Å². The minimum absolute atomic E-state index is 0.167. The first-order valence-corrected chi connectivity index (χ1v) is 7.00. The molecule has 2 N–H and O–H groups in total. The van der Waals surface area contributed by atoms with E-state index in [-0.39, 0.29) is 5.91 Å². The van der Waals surface area contributed by atoms with Crippen LogP contribution < -0.4 is 10.5 Å². The number of amides is 1. The maximum Gasteiger partial charge on any atom is 0.219 e. The highest BCUT2D eigenvalue weighted by atomic mass is 16.5. The largest absolute Gasteiger partial charge is 0.495 e. The number of benzene rings is 1. The number of hydrogen-bond acceptors (Lipinski definition) is 4. The molecule has 1 amide bonds. The standard InChI is InChI=1S/C15H23N3O2/c1-12(19)18-7-3-6-17(8-9-18)11-13-4-5-15(20-2)14(16)10-13/h4-5,10H,3,6-9,11,16H2,1-2H3. The van der Waals surface area contributed by atoms with Crippen LogP contribution in [-0.2, 0) is 11.3 Å². The zero-order chi connectivity index (χ0) is 14.5. The number of carbonyl (C=O) groups excluding carboxylic acids is 1. The number of nitrogens with two attached hydrogens (primary N) is 1. The van der Waals surface area contributed by atoms with Crippen LogP contribution in [0.1, 0.15) is 18.9 Å². The van der Waals surface area contributed by atoms with E-state index in [0.29, 0.717) is 11.4 Å². The van der Waals surface area contributed by atoms with E-state index >= 15 is 0 Å². The molecule has 1 saturated heterocycles. The summed E-state index contributed by atoms with van der Waals surface area (Å²) in [6.07, 6.45) is 1.02. The van der Waals surface area contributed by atoms with Gasteiger partial charge in [-0.3, -0.25) is 9.69 Å². The number of carbonyl (C=O) groups is 1. The summed E-state index contributed by atoms with van der Waals surface area (Å²) in [4.78, 5) is 15.7. The zero-order valence-electron chi connectivity index (χ0n) is 12.3. The van der Waals surface area contributed by atoms with Crippen LogP contribution in [0.3, 0.4) is 0 Å². The van der Waals surface area contributed by atoms with E-state index in [4.69, 9.17) is 10.5 Å². The summed E-state index contributed by atoms with van der Waals surface area (Å²) in [5.41, 5.74) is 7.78. The van der Waals surface area contributed by atoms with Gasteiger partial charge in [-0.05, 0) is 24.1 Å². The van der Waals surface area contributed by atoms with Gasteiger partial charge in [-0.15, -0.1) is 0 Å². The summed E-state index contributed by atoms with van der Waals surface area (Å²) < 4.78 is 5.17. The molecule has 1 aliphatic heterocycles. The minimum atomic E-state index is 0.167. The second kappa shape index (κ2) is 6.61. The van der Waals surface area contributed by atoms with Gasteiger partial charge in [0.05, 0.1) is 12.8 Å². The maximum atomic E-state index is 11.4. The fourth-order valence-corrected chi connectivity index (χ4v) is 2.58. The fraction of sp³-hybridized carbons (Fsp3) is 0.533. The summed E-state index contributed by atoms with van der Waals surface area (Å²) in [5.74, 6) is 0.882. The molecule has 20 heavy (non-hydrogen) atoms. The first kappa shape index (κ1) is 14.7. The van der Waals surface area contributed by atoms with Crippen LogP contribution in [0.2, 0.25) is 0 Å². The monoisotopic (exact) mass is 277 g/mol. The van der Waals surface area contributed by atoms with Crippen LogP contribution in [0, 0.1) is 0 Å². The van der Waals surface area contributed by atoms with E-state index < -0.39 is 0 Å². The number of rotatable bonds is 3. The molecule has 1 heterocycles. The smallest absolute Gasteiger partial charge is 0.219 e. The molecule has 0 atom stereocenters. The van der Waals surface area contributed by atoms with E-state index in [0.717, 1.165) is 39.1 Å². The van der Waals surface area contributed by atoms with E-state index in [9.17, 15) is 4.79 Å². The zero-order valence-corrected chi connectivity index (χ0v) is 12.3. The molecule has 2 rings (SSSR count). The maximum absolute atomic E-state index is 11.4. The predicted octanol–water partition coefficient (Wildman–Crippen LogP) is 1.33. The average molecular weight is 277 g/mol. The second-order valence-electron chi connectivity index (χ2n) is 5.21. The number of nitrogen functional groups attached to an aromatic ring is 1. The molecule has 0 aliphatic carbocycles. The number of anilines is 1. The molecule has 0 unspecified atom stereocenters. The van der Waals surface area contributed by atoms with Crippen molar-refractivity contribution in [2.75, 3.05) is 39.0 Å².